The Hall–Kier alpha value is -3.68. The minimum Gasteiger partial charge on any atom is -0.479 e. The second-order valence-corrected chi connectivity index (χ2v) is 5.48. The molecule has 26 heavy (non-hydrogen) atoms. The third kappa shape index (κ3) is 4.04. The zero-order valence-electron chi connectivity index (χ0n) is 13.8. The predicted molar refractivity (Wildman–Crippen MR) is 93.1 cm³/mol. The zero-order valence-corrected chi connectivity index (χ0v) is 13.8. The van der Waals surface area contributed by atoms with Crippen LogP contribution in [0.15, 0.2) is 59.3 Å². The van der Waals surface area contributed by atoms with Gasteiger partial charge in [-0.3, -0.25) is 19.9 Å². The first-order chi connectivity index (χ1) is 12.5. The molecule has 0 aliphatic carbocycles. The van der Waals surface area contributed by atoms with Crippen molar-refractivity contribution in [2.45, 2.75) is 13.5 Å². The van der Waals surface area contributed by atoms with Crippen LogP contribution in [0.5, 0.6) is 5.75 Å². The van der Waals surface area contributed by atoms with Crippen LogP contribution in [-0.4, -0.2) is 15.8 Å². The third-order valence-electron chi connectivity index (χ3n) is 3.49. The largest absolute Gasteiger partial charge is 0.479 e. The van der Waals surface area contributed by atoms with Gasteiger partial charge >= 0.3 is 5.69 Å². The highest BCUT2D eigenvalue weighted by Gasteiger charge is 2.17. The lowest BCUT2D eigenvalue weighted by Gasteiger charge is -2.06. The number of carbonyl (C=O) groups excluding carboxylic acids is 1. The van der Waals surface area contributed by atoms with Crippen LogP contribution in [0.1, 0.15) is 21.9 Å². The Morgan fingerprint density at radius 2 is 2.15 bits per heavy atom. The SMILES string of the molecule is Cc1ccc(OCc2ccc(C(=O)Nc3cccnc3)o2)c([N+](=O)[O-])c1. The first-order valence-electron chi connectivity index (χ1n) is 7.71. The number of nitrogens with one attached hydrogen (secondary N) is 1. The van der Waals surface area contributed by atoms with Crippen LogP contribution in [0.2, 0.25) is 0 Å². The van der Waals surface area contributed by atoms with Crippen molar-refractivity contribution in [1.29, 1.82) is 0 Å². The highest BCUT2D eigenvalue weighted by molar-refractivity contribution is 6.02. The molecule has 0 spiro atoms. The smallest absolute Gasteiger partial charge is 0.311 e. The number of ether oxygens (including phenoxy) is 1. The molecule has 3 rings (SSSR count). The van der Waals surface area contributed by atoms with Crippen molar-refractivity contribution in [3.63, 3.8) is 0 Å². The fourth-order valence-electron chi connectivity index (χ4n) is 2.25. The molecule has 2 heterocycles. The Morgan fingerprint density at radius 3 is 2.88 bits per heavy atom. The van der Waals surface area contributed by atoms with Crippen molar-refractivity contribution >= 4 is 17.3 Å². The minimum absolute atomic E-state index is 0.0376. The summed E-state index contributed by atoms with van der Waals surface area (Å²) in [6, 6.07) is 11.2. The van der Waals surface area contributed by atoms with Gasteiger partial charge in [-0.1, -0.05) is 6.07 Å². The molecule has 0 bridgehead atoms. The summed E-state index contributed by atoms with van der Waals surface area (Å²) in [6.07, 6.45) is 3.11. The van der Waals surface area contributed by atoms with Crippen LogP contribution < -0.4 is 10.1 Å². The lowest BCUT2D eigenvalue weighted by molar-refractivity contribution is -0.386. The summed E-state index contributed by atoms with van der Waals surface area (Å²) in [4.78, 5) is 26.6. The van der Waals surface area contributed by atoms with E-state index in [0.717, 1.165) is 5.56 Å². The molecule has 3 aromatic rings. The van der Waals surface area contributed by atoms with E-state index in [9.17, 15) is 14.9 Å². The Labute approximate surface area is 148 Å². The number of pyridine rings is 1. The van der Waals surface area contributed by atoms with E-state index in [2.05, 4.69) is 10.3 Å². The van der Waals surface area contributed by atoms with Gasteiger partial charge in [0.2, 0.25) is 0 Å². The highest BCUT2D eigenvalue weighted by atomic mass is 16.6. The molecule has 1 aromatic carbocycles. The van der Waals surface area contributed by atoms with E-state index >= 15 is 0 Å². The number of furan rings is 1. The Bertz CT molecular complexity index is 937. The number of aromatic nitrogens is 1. The van der Waals surface area contributed by atoms with Crippen molar-refractivity contribution in [2.24, 2.45) is 0 Å². The summed E-state index contributed by atoms with van der Waals surface area (Å²) >= 11 is 0. The third-order valence-corrected chi connectivity index (χ3v) is 3.49. The number of carbonyl (C=O) groups is 1. The molecule has 0 atom stereocenters. The molecule has 1 amide bonds. The summed E-state index contributed by atoms with van der Waals surface area (Å²) in [5.74, 6) is 0.186. The second kappa shape index (κ2) is 7.47. The van der Waals surface area contributed by atoms with Crippen molar-refractivity contribution < 1.29 is 18.9 Å². The Balaban J connectivity index is 1.66. The van der Waals surface area contributed by atoms with Crippen LogP contribution in [0.25, 0.3) is 0 Å². The lowest BCUT2D eigenvalue weighted by Crippen LogP contribution is -2.10. The maximum absolute atomic E-state index is 12.1. The molecular weight excluding hydrogens is 338 g/mol. The molecule has 1 N–H and O–H groups in total. The van der Waals surface area contributed by atoms with Crippen LogP contribution in [-0.2, 0) is 6.61 Å². The number of nitro groups is 1. The number of hydrogen-bond acceptors (Lipinski definition) is 6. The van der Waals surface area contributed by atoms with Crippen LogP contribution in [0.4, 0.5) is 11.4 Å². The molecule has 0 saturated carbocycles. The predicted octanol–water partition coefficient (Wildman–Crippen LogP) is 3.72. The van der Waals surface area contributed by atoms with Crippen LogP contribution in [0.3, 0.4) is 0 Å². The molecule has 0 fully saturated rings. The van der Waals surface area contributed by atoms with Gasteiger partial charge in [0.15, 0.2) is 11.5 Å². The number of hydrogen-bond donors (Lipinski definition) is 1. The Kier molecular flexibility index (Phi) is 4.93. The average molecular weight is 353 g/mol. The normalized spacial score (nSPS) is 10.3. The fraction of sp³-hybridized carbons (Fsp3) is 0.111. The molecular formula is C18H15N3O5. The molecule has 8 nitrogen and oxygen atoms in total. The number of nitrogens with zero attached hydrogens (tertiary/aromatic N) is 2. The van der Waals surface area contributed by atoms with E-state index in [1.807, 2.05) is 0 Å². The second-order valence-electron chi connectivity index (χ2n) is 5.48. The van der Waals surface area contributed by atoms with Gasteiger partial charge in [-0.15, -0.1) is 0 Å². The lowest BCUT2D eigenvalue weighted by atomic mass is 10.2. The summed E-state index contributed by atoms with van der Waals surface area (Å²) < 4.78 is 10.9. The number of aryl methyl sites for hydroxylation is 1. The van der Waals surface area contributed by atoms with Crippen LogP contribution in [0, 0.1) is 17.0 Å². The summed E-state index contributed by atoms with van der Waals surface area (Å²) in [7, 11) is 0. The number of rotatable bonds is 6. The fourth-order valence-corrected chi connectivity index (χ4v) is 2.25. The first kappa shape index (κ1) is 17.2. The van der Waals surface area contributed by atoms with Crippen molar-refractivity contribution in [3.05, 3.63) is 82.1 Å². The van der Waals surface area contributed by atoms with E-state index in [0.29, 0.717) is 11.4 Å². The van der Waals surface area contributed by atoms with Gasteiger partial charge in [0.25, 0.3) is 5.91 Å². The summed E-state index contributed by atoms with van der Waals surface area (Å²) in [6.45, 7) is 1.72. The molecule has 0 unspecified atom stereocenters. The summed E-state index contributed by atoms with van der Waals surface area (Å²) in [5, 5.41) is 13.7. The van der Waals surface area contributed by atoms with Gasteiger partial charge in [-0.2, -0.15) is 0 Å². The molecule has 0 saturated heterocycles. The monoisotopic (exact) mass is 353 g/mol. The number of anilines is 1. The van der Waals surface area contributed by atoms with Gasteiger partial charge in [-0.25, -0.2) is 0 Å². The molecule has 0 radical (unpaired) electrons. The molecule has 132 valence electrons. The molecule has 8 heteroatoms. The zero-order chi connectivity index (χ0) is 18.5. The van der Waals surface area contributed by atoms with Gasteiger partial charge in [0.05, 0.1) is 16.8 Å². The molecule has 0 aliphatic rings. The van der Waals surface area contributed by atoms with E-state index in [1.165, 1.54) is 24.4 Å². The minimum atomic E-state index is -0.503. The van der Waals surface area contributed by atoms with Crippen LogP contribution >= 0.6 is 0 Å². The van der Waals surface area contributed by atoms with Gasteiger partial charge in [0.1, 0.15) is 12.4 Å². The Morgan fingerprint density at radius 1 is 1.31 bits per heavy atom. The standard InChI is InChI=1S/C18H15N3O5/c1-12-4-6-16(15(9-12)21(23)24)25-11-14-5-7-17(26-14)18(22)20-13-3-2-8-19-10-13/h2-10H,11H2,1H3,(H,20,22). The van der Waals surface area contributed by atoms with Crippen molar-refractivity contribution in [3.8, 4) is 5.75 Å². The molecule has 2 aromatic heterocycles. The van der Waals surface area contributed by atoms with E-state index < -0.39 is 10.8 Å². The van der Waals surface area contributed by atoms with E-state index in [-0.39, 0.29) is 23.8 Å². The number of amides is 1. The van der Waals surface area contributed by atoms with Crippen molar-refractivity contribution in [1.82, 2.24) is 4.98 Å². The average Bonchev–Trinajstić information content (AvgIpc) is 3.10. The van der Waals surface area contributed by atoms with Gasteiger partial charge in [-0.05, 0) is 42.8 Å². The number of nitro benzene ring substituents is 1. The number of benzene rings is 1. The maximum atomic E-state index is 12.1. The topological polar surface area (TPSA) is 108 Å². The van der Waals surface area contributed by atoms with Crippen molar-refractivity contribution in [2.75, 3.05) is 5.32 Å². The highest BCUT2D eigenvalue weighted by Crippen LogP contribution is 2.28. The first-order valence-corrected chi connectivity index (χ1v) is 7.71. The van der Waals surface area contributed by atoms with Gasteiger partial charge < -0.3 is 14.5 Å². The quantitative estimate of drug-likeness (QED) is 0.534. The van der Waals surface area contributed by atoms with Gasteiger partial charge in [0, 0.05) is 12.3 Å². The summed E-state index contributed by atoms with van der Waals surface area (Å²) in [5.41, 5.74) is 1.18. The van der Waals surface area contributed by atoms with E-state index in [1.54, 1.807) is 37.4 Å². The van der Waals surface area contributed by atoms with E-state index in [4.69, 9.17) is 9.15 Å². The maximum Gasteiger partial charge on any atom is 0.311 e. The molecule has 0 aliphatic heterocycles.